The molecule has 0 heterocycles. The molecular formula is C31H53N. The van der Waals surface area contributed by atoms with Crippen LogP contribution < -0.4 is 0 Å². The molecule has 1 aromatic rings. The zero-order valence-corrected chi connectivity index (χ0v) is 23.2. The number of benzene rings is 1. The lowest BCUT2D eigenvalue weighted by Crippen LogP contribution is -2.04. The Balaban J connectivity index is -0.00000129. The topological polar surface area (TPSA) is 12.4 Å². The fourth-order valence-electron chi connectivity index (χ4n) is 3.06. The van der Waals surface area contributed by atoms with Crippen molar-refractivity contribution < 1.29 is 0 Å². The molecule has 32 heavy (non-hydrogen) atoms. The number of aliphatic imine (C=N–C) groups is 1. The van der Waals surface area contributed by atoms with Crippen LogP contribution in [0.4, 0.5) is 0 Å². The van der Waals surface area contributed by atoms with Crippen molar-refractivity contribution >= 4 is 11.4 Å². The van der Waals surface area contributed by atoms with Gasteiger partial charge in [-0.1, -0.05) is 130 Å². The average molecular weight is 440 g/mol. The third-order valence-corrected chi connectivity index (χ3v) is 4.69. The number of aryl methyl sites for hydroxylation is 1. The van der Waals surface area contributed by atoms with E-state index >= 15 is 0 Å². The summed E-state index contributed by atoms with van der Waals surface area (Å²) in [7, 11) is 0. The number of nitrogens with zero attached hydrogens (tertiary/aromatic N) is 1. The van der Waals surface area contributed by atoms with Gasteiger partial charge in [-0.3, -0.25) is 4.99 Å². The third-order valence-electron chi connectivity index (χ3n) is 4.69. The number of unbranched alkanes of at least 4 members (excludes halogenated alkanes) is 4. The summed E-state index contributed by atoms with van der Waals surface area (Å²) in [6.45, 7) is 32.9. The van der Waals surface area contributed by atoms with Crippen LogP contribution in [0, 0.1) is 6.92 Å². The lowest BCUT2D eigenvalue weighted by Gasteiger charge is -2.14. The van der Waals surface area contributed by atoms with Crippen LogP contribution in [-0.4, -0.2) is 5.71 Å². The van der Waals surface area contributed by atoms with Crippen molar-refractivity contribution in [2.75, 3.05) is 0 Å². The summed E-state index contributed by atoms with van der Waals surface area (Å²) < 4.78 is 0. The fraction of sp³-hybridized carbons (Fsp3) is 0.516. The molecule has 182 valence electrons. The van der Waals surface area contributed by atoms with E-state index in [2.05, 4.69) is 64.8 Å². The smallest absolute Gasteiger partial charge is 0.0633 e. The van der Waals surface area contributed by atoms with Crippen molar-refractivity contribution in [3.8, 4) is 0 Å². The summed E-state index contributed by atoms with van der Waals surface area (Å²) in [6, 6.07) is 8.32. The van der Waals surface area contributed by atoms with Gasteiger partial charge >= 0.3 is 0 Å². The molecule has 0 aliphatic carbocycles. The second-order valence-electron chi connectivity index (χ2n) is 7.04. The highest BCUT2D eigenvalue weighted by Gasteiger charge is 2.10. The number of allylic oxidation sites excluding steroid dienone is 4. The van der Waals surface area contributed by atoms with Crippen molar-refractivity contribution in [1.82, 2.24) is 0 Å². The molecule has 0 saturated heterocycles. The summed E-state index contributed by atoms with van der Waals surface area (Å²) in [6.07, 6.45) is 9.24. The van der Waals surface area contributed by atoms with Crippen LogP contribution in [0.15, 0.2) is 71.8 Å². The van der Waals surface area contributed by atoms with E-state index in [1.165, 1.54) is 37.7 Å². The molecule has 0 unspecified atom stereocenters. The van der Waals surface area contributed by atoms with E-state index < -0.39 is 0 Å². The molecule has 0 N–H and O–H groups in total. The first-order valence-corrected chi connectivity index (χ1v) is 12.7. The van der Waals surface area contributed by atoms with E-state index in [-0.39, 0.29) is 0 Å². The van der Waals surface area contributed by atoms with Gasteiger partial charge in [0, 0.05) is 11.3 Å². The largest absolute Gasteiger partial charge is 0.253 e. The molecule has 1 heteroatoms. The van der Waals surface area contributed by atoms with Gasteiger partial charge in [0.25, 0.3) is 0 Å². The molecular weight excluding hydrogens is 386 g/mol. The van der Waals surface area contributed by atoms with Crippen LogP contribution in [0.3, 0.4) is 0 Å². The van der Waals surface area contributed by atoms with Gasteiger partial charge in [0.2, 0.25) is 0 Å². The highest BCUT2D eigenvalue weighted by Crippen LogP contribution is 2.24. The summed E-state index contributed by atoms with van der Waals surface area (Å²) >= 11 is 0. The highest BCUT2D eigenvalue weighted by molar-refractivity contribution is 6.05. The third kappa shape index (κ3) is 14.8. The number of hydrogen-bond donors (Lipinski definition) is 0. The van der Waals surface area contributed by atoms with Crippen LogP contribution >= 0.6 is 0 Å². The molecule has 0 amide bonds. The van der Waals surface area contributed by atoms with E-state index in [0.717, 1.165) is 40.1 Å². The average Bonchev–Trinajstić information content (AvgIpc) is 2.83. The molecule has 0 saturated carbocycles. The second kappa shape index (κ2) is 23.5. The van der Waals surface area contributed by atoms with Gasteiger partial charge in [0.15, 0.2) is 0 Å². The minimum Gasteiger partial charge on any atom is -0.253 e. The van der Waals surface area contributed by atoms with Gasteiger partial charge in [0.05, 0.1) is 5.70 Å². The summed E-state index contributed by atoms with van der Waals surface area (Å²) in [5.74, 6) is 0. The van der Waals surface area contributed by atoms with Crippen molar-refractivity contribution in [2.45, 2.75) is 108 Å². The second-order valence-corrected chi connectivity index (χ2v) is 7.04. The molecule has 0 fully saturated rings. The first-order chi connectivity index (χ1) is 15.4. The van der Waals surface area contributed by atoms with Crippen LogP contribution in [0.1, 0.15) is 112 Å². The van der Waals surface area contributed by atoms with E-state index in [0.29, 0.717) is 0 Å². The van der Waals surface area contributed by atoms with Crippen molar-refractivity contribution in [1.29, 1.82) is 0 Å². The first-order valence-electron chi connectivity index (χ1n) is 12.7. The zero-order valence-electron chi connectivity index (χ0n) is 23.2. The maximum atomic E-state index is 4.78. The molecule has 0 aromatic heterocycles. The van der Waals surface area contributed by atoms with Gasteiger partial charge in [-0.05, 0) is 50.3 Å². The maximum absolute atomic E-state index is 4.78. The molecule has 0 bridgehead atoms. The lowest BCUT2D eigenvalue weighted by molar-refractivity contribution is 0.633. The summed E-state index contributed by atoms with van der Waals surface area (Å²) in [4.78, 5) is 4.78. The SMILES string of the molecule is C=C/C(C)=C(/C(=C)CCCCCCC)C(C)=NC(=C)c1ccc(C)cc1.CC.CC.CC. The van der Waals surface area contributed by atoms with E-state index in [1.807, 2.05) is 54.5 Å². The molecule has 1 rings (SSSR count). The summed E-state index contributed by atoms with van der Waals surface area (Å²) in [5.41, 5.74) is 7.44. The standard InChI is InChI=1S/C25H35N.3C2H6/c1-8-10-11-12-13-14-21(5)25(20(4)9-2)23(7)26-22(6)24-17-15-19(3)16-18-24;3*1-2/h9,15-18H,2,5-6,8,10-14H2,1,3-4,7H3;3*1-2H3/b25-20-,26-23?;;;. The molecule has 1 aromatic carbocycles. The molecule has 0 aliphatic heterocycles. The summed E-state index contributed by atoms with van der Waals surface area (Å²) in [5, 5.41) is 0. The minimum absolute atomic E-state index is 0.785. The quantitative estimate of drug-likeness (QED) is 0.185. The van der Waals surface area contributed by atoms with Gasteiger partial charge in [0.1, 0.15) is 0 Å². The Morgan fingerprint density at radius 2 is 1.34 bits per heavy atom. The molecule has 0 aliphatic rings. The van der Waals surface area contributed by atoms with Gasteiger partial charge in [-0.2, -0.15) is 0 Å². The Hall–Kier alpha value is -2.15. The predicted molar refractivity (Wildman–Crippen MR) is 153 cm³/mol. The predicted octanol–water partition coefficient (Wildman–Crippen LogP) is 10.9. The normalized spacial score (nSPS) is 10.8. The zero-order chi connectivity index (χ0) is 25.5. The Morgan fingerprint density at radius 1 is 0.844 bits per heavy atom. The van der Waals surface area contributed by atoms with Crippen LogP contribution in [0.25, 0.3) is 5.70 Å². The van der Waals surface area contributed by atoms with Gasteiger partial charge in [-0.25, -0.2) is 0 Å². The molecule has 1 nitrogen and oxygen atoms in total. The fourth-order valence-corrected chi connectivity index (χ4v) is 3.06. The Bertz CT molecular complexity index is 684. The number of hydrogen-bond acceptors (Lipinski definition) is 1. The van der Waals surface area contributed by atoms with E-state index in [1.54, 1.807) is 0 Å². The van der Waals surface area contributed by atoms with Gasteiger partial charge < -0.3 is 0 Å². The van der Waals surface area contributed by atoms with Crippen LogP contribution in [0.5, 0.6) is 0 Å². The lowest BCUT2D eigenvalue weighted by atomic mass is 9.93. The minimum atomic E-state index is 0.785. The van der Waals surface area contributed by atoms with Gasteiger partial charge in [-0.15, -0.1) is 0 Å². The number of rotatable bonds is 11. The molecule has 0 atom stereocenters. The molecule has 0 spiro atoms. The maximum Gasteiger partial charge on any atom is 0.0633 e. The molecule has 0 radical (unpaired) electrons. The monoisotopic (exact) mass is 439 g/mol. The van der Waals surface area contributed by atoms with Crippen molar-refractivity contribution in [3.05, 3.63) is 77.9 Å². The Labute approximate surface area is 202 Å². The first kappa shape index (κ1) is 34.5. The Kier molecular flexibility index (Phi) is 25.3. The van der Waals surface area contributed by atoms with Crippen molar-refractivity contribution in [2.24, 2.45) is 4.99 Å². The van der Waals surface area contributed by atoms with Crippen molar-refractivity contribution in [3.63, 3.8) is 0 Å². The van der Waals surface area contributed by atoms with E-state index in [4.69, 9.17) is 4.99 Å². The van der Waals surface area contributed by atoms with E-state index in [9.17, 15) is 0 Å². The Morgan fingerprint density at radius 3 is 1.81 bits per heavy atom. The van der Waals surface area contributed by atoms with Crippen LogP contribution in [-0.2, 0) is 0 Å². The highest BCUT2D eigenvalue weighted by atomic mass is 14.8. The van der Waals surface area contributed by atoms with Crippen LogP contribution in [0.2, 0.25) is 0 Å².